The number of Topliss-reactive ketones (excluding diaryl/α,β-unsaturated/α-hetero) is 1. The van der Waals surface area contributed by atoms with E-state index in [0.29, 0.717) is 20.3 Å². The summed E-state index contributed by atoms with van der Waals surface area (Å²) in [5.41, 5.74) is -3.94. The summed E-state index contributed by atoms with van der Waals surface area (Å²) < 4.78 is 181. The lowest BCUT2D eigenvalue weighted by molar-refractivity contribution is -0.457. The van der Waals surface area contributed by atoms with Crippen molar-refractivity contribution in [2.24, 2.45) is 5.41 Å². The topological polar surface area (TPSA) is 97.4 Å². The molecule has 0 aliphatic heterocycles. The third-order valence-corrected chi connectivity index (χ3v) is 6.39. The molecular weight excluding hydrogens is 680 g/mol. The van der Waals surface area contributed by atoms with Crippen LogP contribution in [0.15, 0.2) is 24.3 Å². The minimum Gasteiger partial charge on any atom is -0.490 e. The third kappa shape index (κ3) is 10.1. The molecule has 2 unspecified atom stereocenters. The van der Waals surface area contributed by atoms with E-state index < -0.39 is 83.9 Å². The van der Waals surface area contributed by atoms with Gasteiger partial charge in [-0.25, -0.2) is 9.18 Å². The van der Waals surface area contributed by atoms with Gasteiger partial charge in [0.1, 0.15) is 25.6 Å². The fourth-order valence-corrected chi connectivity index (χ4v) is 2.90. The molecule has 0 amide bonds. The molecule has 0 heterocycles. The van der Waals surface area contributed by atoms with E-state index >= 15 is 0 Å². The first-order valence-electron chi connectivity index (χ1n) is 13.2. The second-order valence-electron chi connectivity index (χ2n) is 11.1. The molecule has 0 fully saturated rings. The summed E-state index contributed by atoms with van der Waals surface area (Å²) in [6.07, 6.45) is -19.2. The predicted octanol–water partition coefficient (Wildman–Crippen LogP) is 7.29. The molecule has 0 radical (unpaired) electrons. The van der Waals surface area contributed by atoms with Gasteiger partial charge in [-0.1, -0.05) is 6.92 Å². The molecule has 0 aromatic heterocycles. The van der Waals surface area contributed by atoms with Crippen LogP contribution in [0, 0.1) is 5.41 Å². The van der Waals surface area contributed by atoms with E-state index in [9.17, 15) is 67.1 Å². The first kappa shape index (κ1) is 41.7. The molecule has 0 aliphatic rings. The van der Waals surface area contributed by atoms with Crippen LogP contribution in [0.5, 0.6) is 5.75 Å². The molecule has 1 aromatic rings. The van der Waals surface area contributed by atoms with Gasteiger partial charge in [0, 0.05) is 12.5 Å². The average molecular weight is 711 g/mol. The van der Waals surface area contributed by atoms with Crippen molar-refractivity contribution in [3.05, 3.63) is 29.8 Å². The van der Waals surface area contributed by atoms with Crippen molar-refractivity contribution < 1.29 is 90.8 Å². The summed E-state index contributed by atoms with van der Waals surface area (Å²) in [5.74, 6) is -22.8. The fraction of sp³-hybridized carbons (Fsp3) is 0.667. The molecule has 0 saturated heterocycles. The lowest BCUT2D eigenvalue weighted by Crippen LogP contribution is -2.61. The molecule has 1 aromatic carbocycles. The Kier molecular flexibility index (Phi) is 12.5. The van der Waals surface area contributed by atoms with Gasteiger partial charge in [-0.3, -0.25) is 14.3 Å². The highest BCUT2D eigenvalue weighted by Gasteiger charge is 2.73. The number of hydrogen-bond donors (Lipinski definition) is 0. The largest absolute Gasteiger partial charge is 0.490 e. The maximum atomic E-state index is 14.9. The van der Waals surface area contributed by atoms with Crippen molar-refractivity contribution in [2.75, 3.05) is 19.8 Å². The lowest BCUT2D eigenvalue weighted by atomic mass is 9.91. The van der Waals surface area contributed by atoms with Gasteiger partial charge >= 0.3 is 42.2 Å². The Morgan fingerprint density at radius 2 is 1.21 bits per heavy atom. The highest BCUT2D eigenvalue weighted by atomic mass is 19.4. The zero-order valence-corrected chi connectivity index (χ0v) is 25.4. The molecule has 1 rings (SSSR count). The van der Waals surface area contributed by atoms with Crippen LogP contribution < -0.4 is 4.74 Å². The van der Waals surface area contributed by atoms with Crippen molar-refractivity contribution in [2.45, 2.75) is 89.7 Å². The van der Waals surface area contributed by atoms with Gasteiger partial charge < -0.3 is 18.9 Å². The molecule has 2 atom stereocenters. The normalized spacial score (nSPS) is 16.1. The first-order chi connectivity index (χ1) is 20.9. The van der Waals surface area contributed by atoms with Crippen molar-refractivity contribution in [3.8, 4) is 5.75 Å². The van der Waals surface area contributed by atoms with E-state index in [1.807, 2.05) is 0 Å². The number of carbonyl (C=O) groups excluding carboxylic acids is 3. The van der Waals surface area contributed by atoms with E-state index in [0.717, 1.165) is 24.3 Å². The Bertz CT molecular complexity index is 1260. The summed E-state index contributed by atoms with van der Waals surface area (Å²) >= 11 is 0. The number of halogens is 12. The number of hydrogen-bond acceptors (Lipinski definition) is 8. The molecule has 0 N–H and O–H groups in total. The maximum Gasteiger partial charge on any atom is 0.460 e. The van der Waals surface area contributed by atoms with Crippen LogP contribution in [-0.2, 0) is 28.5 Å². The Morgan fingerprint density at radius 3 is 1.66 bits per heavy atom. The minimum absolute atomic E-state index is 0.0853. The quantitative estimate of drug-likeness (QED) is 0.0765. The second kappa shape index (κ2) is 14.1. The zero-order chi connectivity index (χ0) is 37.1. The molecule has 0 bridgehead atoms. The molecule has 20 heteroatoms. The maximum absolute atomic E-state index is 14.9. The number of rotatable bonds is 16. The van der Waals surface area contributed by atoms with Crippen LogP contribution in [0.2, 0.25) is 0 Å². The van der Waals surface area contributed by atoms with Crippen molar-refractivity contribution in [1.82, 2.24) is 0 Å². The van der Waals surface area contributed by atoms with Crippen LogP contribution in [0.3, 0.4) is 0 Å². The number of esters is 2. The summed E-state index contributed by atoms with van der Waals surface area (Å²) in [5, 5.41) is 0. The molecule has 0 aliphatic carbocycles. The van der Waals surface area contributed by atoms with Gasteiger partial charge in [0.05, 0.1) is 5.41 Å². The van der Waals surface area contributed by atoms with Crippen LogP contribution in [0.4, 0.5) is 52.7 Å². The Morgan fingerprint density at radius 1 is 0.702 bits per heavy atom. The van der Waals surface area contributed by atoms with E-state index in [4.69, 9.17) is 9.47 Å². The van der Waals surface area contributed by atoms with Gasteiger partial charge in [0.2, 0.25) is 5.78 Å². The fourth-order valence-electron chi connectivity index (χ4n) is 2.90. The molecular formula is C27H30F12O8. The zero-order valence-electron chi connectivity index (χ0n) is 25.4. The molecule has 47 heavy (non-hydrogen) atoms. The summed E-state index contributed by atoms with van der Waals surface area (Å²) in [4.78, 5) is 37.0. The third-order valence-electron chi connectivity index (χ3n) is 6.39. The van der Waals surface area contributed by atoms with Crippen LogP contribution >= 0.6 is 0 Å². The van der Waals surface area contributed by atoms with Crippen molar-refractivity contribution in [3.63, 3.8) is 0 Å². The highest BCUT2D eigenvalue weighted by Crippen LogP contribution is 2.47. The van der Waals surface area contributed by atoms with Crippen LogP contribution in [-0.4, -0.2) is 79.2 Å². The Hall–Kier alpha value is -3.29. The van der Waals surface area contributed by atoms with Crippen LogP contribution in [0.25, 0.3) is 0 Å². The monoisotopic (exact) mass is 710 g/mol. The van der Waals surface area contributed by atoms with E-state index in [1.165, 1.54) is 0 Å². The molecule has 8 nitrogen and oxygen atoms in total. The van der Waals surface area contributed by atoms with Crippen LogP contribution in [0.1, 0.15) is 58.3 Å². The molecule has 0 spiro atoms. The van der Waals surface area contributed by atoms with E-state index in [-0.39, 0.29) is 19.0 Å². The number of carbonyl (C=O) groups is 3. The summed E-state index contributed by atoms with van der Waals surface area (Å²) in [7, 11) is 0. The smallest absolute Gasteiger partial charge is 0.460 e. The van der Waals surface area contributed by atoms with Gasteiger partial charge in [0.15, 0.2) is 5.60 Å². The van der Waals surface area contributed by atoms with Crippen molar-refractivity contribution >= 4 is 17.7 Å². The standard InChI is InChI=1S/C27H30F12O8/c1-7-20(2,3)18(41)44-13-12-43-16-10-8-15(9-11-16)17(40)21(4,5)46-19(42)24(31,26(35,36)37)47-27(38,39)22(6,28)45-14-23(29,30)25(32,33)34/h8-11H,7,12-14H2,1-6H3. The summed E-state index contributed by atoms with van der Waals surface area (Å²) in [6, 6.07) is 4.29. The second-order valence-corrected chi connectivity index (χ2v) is 11.1. The predicted molar refractivity (Wildman–Crippen MR) is 134 cm³/mol. The molecule has 270 valence electrons. The number of ether oxygens (including phenoxy) is 5. The minimum atomic E-state index is -6.84. The van der Waals surface area contributed by atoms with Gasteiger partial charge in [-0.2, -0.15) is 48.3 Å². The Balaban J connectivity index is 3.07. The number of alkyl halides is 12. The SMILES string of the molecule is CCC(C)(C)C(=O)OCCOc1ccc(C(=O)C(C)(C)OC(=O)C(F)(OC(F)(F)C(C)(F)OCC(F)(F)C(F)(F)F)C(F)(F)F)cc1. The van der Waals surface area contributed by atoms with Crippen molar-refractivity contribution in [1.29, 1.82) is 0 Å². The molecule has 0 saturated carbocycles. The average Bonchev–Trinajstić information content (AvgIpc) is 2.92. The van der Waals surface area contributed by atoms with E-state index in [2.05, 4.69) is 14.2 Å². The summed E-state index contributed by atoms with van der Waals surface area (Å²) in [6.45, 7) is 2.10. The number of benzene rings is 1. The van der Waals surface area contributed by atoms with Gasteiger partial charge in [-0.05, 0) is 58.4 Å². The van der Waals surface area contributed by atoms with Gasteiger partial charge in [-0.15, -0.1) is 0 Å². The van der Waals surface area contributed by atoms with Gasteiger partial charge in [0.25, 0.3) is 5.85 Å². The number of ketones is 1. The lowest BCUT2D eigenvalue weighted by Gasteiger charge is -2.36. The Labute approximate surface area is 259 Å². The highest BCUT2D eigenvalue weighted by molar-refractivity contribution is 6.03. The van der Waals surface area contributed by atoms with E-state index in [1.54, 1.807) is 20.8 Å². The first-order valence-corrected chi connectivity index (χ1v) is 13.2.